The van der Waals surface area contributed by atoms with Crippen molar-refractivity contribution in [2.45, 2.75) is 57.6 Å². The van der Waals surface area contributed by atoms with Crippen molar-refractivity contribution in [1.82, 2.24) is 5.32 Å². The predicted molar refractivity (Wildman–Crippen MR) is 83.4 cm³/mol. The molecule has 2 nitrogen and oxygen atoms in total. The number of ether oxygens (including phenoxy) is 1. The summed E-state index contributed by atoms with van der Waals surface area (Å²) in [6.07, 6.45) is 7.09. The molecule has 21 heavy (non-hydrogen) atoms. The number of nitrogens with one attached hydrogen (secondary N) is 1. The molecule has 0 radical (unpaired) electrons. The van der Waals surface area contributed by atoms with E-state index in [4.69, 9.17) is 16.3 Å². The number of hydrogen-bond donors (Lipinski definition) is 1. The lowest BCUT2D eigenvalue weighted by molar-refractivity contribution is -0.0774. The van der Waals surface area contributed by atoms with Gasteiger partial charge in [-0.2, -0.15) is 0 Å². The van der Waals surface area contributed by atoms with Crippen molar-refractivity contribution < 1.29 is 9.13 Å². The van der Waals surface area contributed by atoms with Gasteiger partial charge in [0.25, 0.3) is 0 Å². The Morgan fingerprint density at radius 2 is 2.14 bits per heavy atom. The zero-order valence-electron chi connectivity index (χ0n) is 12.5. The van der Waals surface area contributed by atoms with Crippen LogP contribution in [0.5, 0.6) is 5.75 Å². The van der Waals surface area contributed by atoms with E-state index in [0.717, 1.165) is 19.4 Å². The van der Waals surface area contributed by atoms with Crippen LogP contribution in [0.3, 0.4) is 0 Å². The lowest BCUT2D eigenvalue weighted by atomic mass is 9.60. The standard InChI is InChI=1S/C17H23ClFNO/c1-2-10-20-14-11-15(17(14)8-3-4-9-17)21-13-7-5-6-12(18)16(13)19/h5-7,14-15,20H,2-4,8-11H2,1H3. The number of rotatable bonds is 5. The van der Waals surface area contributed by atoms with Gasteiger partial charge in [0.1, 0.15) is 6.10 Å². The van der Waals surface area contributed by atoms with Crippen LogP contribution >= 0.6 is 11.6 Å². The fourth-order valence-corrected chi connectivity index (χ4v) is 4.12. The summed E-state index contributed by atoms with van der Waals surface area (Å²) in [5.41, 5.74) is 0.198. The zero-order chi connectivity index (χ0) is 14.9. The molecular formula is C17H23ClFNO. The summed E-state index contributed by atoms with van der Waals surface area (Å²) < 4.78 is 20.0. The molecule has 0 amide bonds. The maximum atomic E-state index is 14.0. The average Bonchev–Trinajstić information content (AvgIpc) is 2.99. The van der Waals surface area contributed by atoms with E-state index in [1.807, 2.05) is 0 Å². The molecule has 2 aliphatic carbocycles. The first-order valence-electron chi connectivity index (χ1n) is 8.01. The Kier molecular flexibility index (Phi) is 4.41. The van der Waals surface area contributed by atoms with Crippen molar-refractivity contribution in [2.24, 2.45) is 5.41 Å². The van der Waals surface area contributed by atoms with Crippen molar-refractivity contribution in [3.8, 4) is 5.75 Å². The summed E-state index contributed by atoms with van der Waals surface area (Å²) in [5.74, 6) is -0.134. The Morgan fingerprint density at radius 1 is 1.38 bits per heavy atom. The van der Waals surface area contributed by atoms with Crippen LogP contribution in [-0.4, -0.2) is 18.7 Å². The summed E-state index contributed by atoms with van der Waals surface area (Å²) in [4.78, 5) is 0. The third kappa shape index (κ3) is 2.66. The van der Waals surface area contributed by atoms with E-state index in [1.54, 1.807) is 18.2 Å². The molecule has 2 aliphatic rings. The highest BCUT2D eigenvalue weighted by molar-refractivity contribution is 6.30. The van der Waals surface area contributed by atoms with E-state index in [2.05, 4.69) is 12.2 Å². The molecule has 0 aromatic heterocycles. The second kappa shape index (κ2) is 6.13. The summed E-state index contributed by atoms with van der Waals surface area (Å²) in [5, 5.41) is 3.78. The lowest BCUT2D eigenvalue weighted by Crippen LogP contribution is -2.63. The molecule has 0 saturated heterocycles. The summed E-state index contributed by atoms with van der Waals surface area (Å²) in [7, 11) is 0. The fourth-order valence-electron chi connectivity index (χ4n) is 3.95. The first-order chi connectivity index (χ1) is 10.2. The van der Waals surface area contributed by atoms with E-state index < -0.39 is 5.82 Å². The van der Waals surface area contributed by atoms with Gasteiger partial charge in [0, 0.05) is 17.9 Å². The van der Waals surface area contributed by atoms with Crippen LogP contribution in [0, 0.1) is 11.2 Å². The first-order valence-corrected chi connectivity index (χ1v) is 8.39. The van der Waals surface area contributed by atoms with E-state index in [1.165, 1.54) is 25.7 Å². The molecule has 116 valence electrons. The summed E-state index contributed by atoms with van der Waals surface area (Å²) >= 11 is 5.84. The van der Waals surface area contributed by atoms with Crippen LogP contribution in [0.2, 0.25) is 5.02 Å². The highest BCUT2D eigenvalue weighted by Gasteiger charge is 2.57. The van der Waals surface area contributed by atoms with Gasteiger partial charge in [0.2, 0.25) is 0 Å². The Balaban J connectivity index is 1.72. The summed E-state index contributed by atoms with van der Waals surface area (Å²) in [6.45, 7) is 3.23. The van der Waals surface area contributed by atoms with Gasteiger partial charge in [-0.05, 0) is 37.9 Å². The van der Waals surface area contributed by atoms with Gasteiger partial charge in [-0.25, -0.2) is 4.39 Å². The smallest absolute Gasteiger partial charge is 0.183 e. The second-order valence-electron chi connectivity index (χ2n) is 6.34. The molecule has 1 aromatic carbocycles. The molecule has 0 heterocycles. The lowest BCUT2D eigenvalue weighted by Gasteiger charge is -2.54. The Labute approximate surface area is 131 Å². The van der Waals surface area contributed by atoms with Crippen LogP contribution in [-0.2, 0) is 0 Å². The molecule has 0 bridgehead atoms. The number of benzene rings is 1. The van der Waals surface area contributed by atoms with Gasteiger partial charge in [-0.3, -0.25) is 0 Å². The van der Waals surface area contributed by atoms with Crippen LogP contribution in [0.1, 0.15) is 45.4 Å². The summed E-state index contributed by atoms with van der Waals surface area (Å²) in [6, 6.07) is 5.50. The number of hydrogen-bond acceptors (Lipinski definition) is 2. The third-order valence-corrected chi connectivity index (χ3v) is 5.44. The molecule has 0 aliphatic heterocycles. The van der Waals surface area contributed by atoms with E-state index in [0.29, 0.717) is 11.8 Å². The minimum atomic E-state index is -0.433. The van der Waals surface area contributed by atoms with E-state index in [9.17, 15) is 4.39 Å². The molecule has 4 heteroatoms. The molecular weight excluding hydrogens is 289 g/mol. The van der Waals surface area contributed by atoms with Crippen LogP contribution < -0.4 is 10.1 Å². The van der Waals surface area contributed by atoms with Crippen LogP contribution in [0.4, 0.5) is 4.39 Å². The fraction of sp³-hybridized carbons (Fsp3) is 0.647. The zero-order valence-corrected chi connectivity index (χ0v) is 13.3. The van der Waals surface area contributed by atoms with Crippen molar-refractivity contribution >= 4 is 11.6 Å². The molecule has 2 saturated carbocycles. The minimum Gasteiger partial charge on any atom is -0.487 e. The van der Waals surface area contributed by atoms with Gasteiger partial charge in [-0.1, -0.05) is 37.4 Å². The van der Waals surface area contributed by atoms with Gasteiger partial charge in [0.15, 0.2) is 11.6 Å². The third-order valence-electron chi connectivity index (χ3n) is 5.15. The topological polar surface area (TPSA) is 21.3 Å². The monoisotopic (exact) mass is 311 g/mol. The largest absolute Gasteiger partial charge is 0.487 e. The van der Waals surface area contributed by atoms with Crippen molar-refractivity contribution in [1.29, 1.82) is 0 Å². The van der Waals surface area contributed by atoms with Gasteiger partial charge in [-0.15, -0.1) is 0 Å². The van der Waals surface area contributed by atoms with Crippen LogP contribution in [0.15, 0.2) is 18.2 Å². The number of halogens is 2. The normalized spacial score (nSPS) is 26.8. The molecule has 2 unspecified atom stereocenters. The highest BCUT2D eigenvalue weighted by atomic mass is 35.5. The molecule has 1 spiro atoms. The first kappa shape index (κ1) is 15.1. The van der Waals surface area contributed by atoms with Gasteiger partial charge >= 0.3 is 0 Å². The SMILES string of the molecule is CCCNC1CC(Oc2cccc(Cl)c2F)C12CCCC2. The second-order valence-corrected chi connectivity index (χ2v) is 6.75. The van der Waals surface area contributed by atoms with E-state index >= 15 is 0 Å². The maximum absolute atomic E-state index is 14.0. The molecule has 2 fully saturated rings. The average molecular weight is 312 g/mol. The van der Waals surface area contributed by atoms with Crippen molar-refractivity contribution in [3.63, 3.8) is 0 Å². The predicted octanol–water partition coefficient (Wildman–Crippen LogP) is 4.56. The molecule has 1 N–H and O–H groups in total. The Hall–Kier alpha value is -0.800. The van der Waals surface area contributed by atoms with Crippen molar-refractivity contribution in [2.75, 3.05) is 6.54 Å². The van der Waals surface area contributed by atoms with Crippen molar-refractivity contribution in [3.05, 3.63) is 29.0 Å². The van der Waals surface area contributed by atoms with Gasteiger partial charge in [0.05, 0.1) is 5.02 Å². The Morgan fingerprint density at radius 3 is 2.86 bits per heavy atom. The van der Waals surface area contributed by atoms with E-state index in [-0.39, 0.29) is 16.5 Å². The maximum Gasteiger partial charge on any atom is 0.183 e. The van der Waals surface area contributed by atoms with Gasteiger partial charge < -0.3 is 10.1 Å². The highest BCUT2D eigenvalue weighted by Crippen LogP contribution is 2.54. The minimum absolute atomic E-state index is 0.113. The molecule has 3 rings (SSSR count). The van der Waals surface area contributed by atoms with Crippen LogP contribution in [0.25, 0.3) is 0 Å². The molecule has 1 aromatic rings. The molecule has 2 atom stereocenters. The quantitative estimate of drug-likeness (QED) is 0.860. The Bertz CT molecular complexity index is 502.